The summed E-state index contributed by atoms with van der Waals surface area (Å²) in [6, 6.07) is 3.54. The van der Waals surface area contributed by atoms with Gasteiger partial charge >= 0.3 is 0 Å². The highest BCUT2D eigenvalue weighted by Crippen LogP contribution is 2.40. The number of aromatic nitrogens is 3. The molecule has 4 heteroatoms. The Labute approximate surface area is 99.7 Å². The Morgan fingerprint density at radius 1 is 1.59 bits per heavy atom. The van der Waals surface area contributed by atoms with Crippen LogP contribution in [0.3, 0.4) is 0 Å². The smallest absolute Gasteiger partial charge is 0.272 e. The molecule has 1 fully saturated rings. The predicted octanol–water partition coefficient (Wildman–Crippen LogP) is 2.32. The van der Waals surface area contributed by atoms with Gasteiger partial charge in [-0.2, -0.15) is 0 Å². The standard InChI is InChI=1S/C13H17N3O/c1-2-10(9-4-3-5-9)11-8-13(17)16-12(15-11)6-7-14-16/h6-10,14H,2-5H2,1H3. The lowest BCUT2D eigenvalue weighted by Gasteiger charge is -2.32. The Kier molecular flexibility index (Phi) is 2.50. The Balaban J connectivity index is 2.06. The molecule has 17 heavy (non-hydrogen) atoms. The van der Waals surface area contributed by atoms with Gasteiger partial charge in [0, 0.05) is 24.2 Å². The minimum atomic E-state index is -0.00669. The summed E-state index contributed by atoms with van der Waals surface area (Å²) in [7, 11) is 0. The van der Waals surface area contributed by atoms with Gasteiger partial charge in [0.15, 0.2) is 5.65 Å². The normalized spacial score (nSPS) is 18.2. The molecule has 1 saturated carbocycles. The van der Waals surface area contributed by atoms with Crippen molar-refractivity contribution >= 4 is 5.65 Å². The van der Waals surface area contributed by atoms with Gasteiger partial charge in [-0.15, -0.1) is 0 Å². The molecule has 3 rings (SSSR count). The van der Waals surface area contributed by atoms with E-state index in [1.54, 1.807) is 12.3 Å². The molecule has 0 aliphatic heterocycles. The maximum Gasteiger partial charge on any atom is 0.272 e. The van der Waals surface area contributed by atoms with Gasteiger partial charge in [0.2, 0.25) is 0 Å². The molecule has 1 aliphatic carbocycles. The third-order valence-electron chi connectivity index (χ3n) is 3.94. The molecule has 0 aromatic carbocycles. The Hall–Kier alpha value is -1.58. The molecule has 0 radical (unpaired) electrons. The average Bonchev–Trinajstić information content (AvgIpc) is 2.71. The predicted molar refractivity (Wildman–Crippen MR) is 66.2 cm³/mol. The van der Waals surface area contributed by atoms with Gasteiger partial charge in [0.25, 0.3) is 5.56 Å². The second-order valence-electron chi connectivity index (χ2n) is 4.88. The fraction of sp³-hybridized carbons (Fsp3) is 0.538. The SMILES string of the molecule is CCC(c1cc(=O)n2[nH]ccc2n1)C1CCC1. The van der Waals surface area contributed by atoms with Crippen LogP contribution in [0.25, 0.3) is 5.65 Å². The molecule has 2 aromatic heterocycles. The third-order valence-corrected chi connectivity index (χ3v) is 3.94. The fourth-order valence-corrected chi connectivity index (χ4v) is 2.76. The van der Waals surface area contributed by atoms with Crippen molar-refractivity contribution in [2.75, 3.05) is 0 Å². The topological polar surface area (TPSA) is 50.2 Å². The molecular weight excluding hydrogens is 214 g/mol. The molecule has 2 heterocycles. The van der Waals surface area contributed by atoms with Crippen LogP contribution in [-0.4, -0.2) is 14.6 Å². The number of fused-ring (bicyclic) bond motifs is 1. The minimum absolute atomic E-state index is 0.00669. The minimum Gasteiger partial charge on any atom is -0.297 e. The van der Waals surface area contributed by atoms with Gasteiger partial charge in [0.1, 0.15) is 0 Å². The molecule has 1 atom stereocenters. The summed E-state index contributed by atoms with van der Waals surface area (Å²) in [6.07, 6.45) is 6.71. The van der Waals surface area contributed by atoms with Gasteiger partial charge < -0.3 is 0 Å². The third kappa shape index (κ3) is 1.68. The van der Waals surface area contributed by atoms with E-state index in [-0.39, 0.29) is 5.56 Å². The number of rotatable bonds is 3. The molecule has 4 nitrogen and oxygen atoms in total. The second-order valence-corrected chi connectivity index (χ2v) is 4.88. The highest BCUT2D eigenvalue weighted by atomic mass is 16.1. The molecule has 1 unspecified atom stereocenters. The van der Waals surface area contributed by atoms with Crippen LogP contribution >= 0.6 is 0 Å². The van der Waals surface area contributed by atoms with Crippen molar-refractivity contribution in [2.45, 2.75) is 38.5 Å². The van der Waals surface area contributed by atoms with Gasteiger partial charge in [-0.25, -0.2) is 9.50 Å². The Bertz CT molecular complexity index is 580. The van der Waals surface area contributed by atoms with Crippen LogP contribution in [0.1, 0.15) is 44.2 Å². The van der Waals surface area contributed by atoms with Crippen molar-refractivity contribution in [1.29, 1.82) is 0 Å². The van der Waals surface area contributed by atoms with Crippen molar-refractivity contribution in [1.82, 2.24) is 14.6 Å². The van der Waals surface area contributed by atoms with Gasteiger partial charge in [0.05, 0.1) is 5.69 Å². The molecule has 0 saturated heterocycles. The molecule has 2 aromatic rings. The molecule has 90 valence electrons. The monoisotopic (exact) mass is 231 g/mol. The summed E-state index contributed by atoms with van der Waals surface area (Å²) < 4.78 is 1.48. The van der Waals surface area contributed by atoms with E-state index in [0.717, 1.165) is 23.7 Å². The van der Waals surface area contributed by atoms with Crippen LogP contribution in [0, 0.1) is 5.92 Å². The van der Waals surface area contributed by atoms with Crippen molar-refractivity contribution in [3.8, 4) is 0 Å². The maximum atomic E-state index is 11.9. The van der Waals surface area contributed by atoms with Crippen LogP contribution in [0.5, 0.6) is 0 Å². The first-order valence-corrected chi connectivity index (χ1v) is 6.36. The van der Waals surface area contributed by atoms with Crippen molar-refractivity contribution in [3.63, 3.8) is 0 Å². The number of hydrogen-bond donors (Lipinski definition) is 1. The zero-order chi connectivity index (χ0) is 11.8. The lowest BCUT2D eigenvalue weighted by atomic mass is 9.73. The largest absolute Gasteiger partial charge is 0.297 e. The number of hydrogen-bond acceptors (Lipinski definition) is 2. The Morgan fingerprint density at radius 2 is 2.41 bits per heavy atom. The number of nitrogens with one attached hydrogen (secondary N) is 1. The van der Waals surface area contributed by atoms with E-state index < -0.39 is 0 Å². The van der Waals surface area contributed by atoms with Crippen LogP contribution in [0.15, 0.2) is 23.1 Å². The van der Waals surface area contributed by atoms with E-state index in [9.17, 15) is 4.79 Å². The van der Waals surface area contributed by atoms with Crippen LogP contribution in [0.2, 0.25) is 0 Å². The summed E-state index contributed by atoms with van der Waals surface area (Å²) in [6.45, 7) is 2.18. The van der Waals surface area contributed by atoms with Gasteiger partial charge in [-0.1, -0.05) is 13.3 Å². The Morgan fingerprint density at radius 3 is 3.06 bits per heavy atom. The number of nitrogens with zero attached hydrogens (tertiary/aromatic N) is 2. The van der Waals surface area contributed by atoms with E-state index >= 15 is 0 Å². The number of H-pyrrole nitrogens is 1. The lowest BCUT2D eigenvalue weighted by Crippen LogP contribution is -2.24. The first-order valence-electron chi connectivity index (χ1n) is 6.36. The zero-order valence-corrected chi connectivity index (χ0v) is 10.0. The number of aromatic amines is 1. The first kappa shape index (κ1) is 10.6. The summed E-state index contributed by atoms with van der Waals surface area (Å²) >= 11 is 0. The quantitative estimate of drug-likeness (QED) is 0.881. The highest BCUT2D eigenvalue weighted by molar-refractivity contribution is 5.37. The van der Waals surface area contributed by atoms with Crippen molar-refractivity contribution in [2.24, 2.45) is 5.92 Å². The van der Waals surface area contributed by atoms with E-state index in [4.69, 9.17) is 0 Å². The summed E-state index contributed by atoms with van der Waals surface area (Å²) in [5.74, 6) is 1.18. The van der Waals surface area contributed by atoms with Gasteiger partial charge in [-0.05, 0) is 25.2 Å². The molecule has 0 amide bonds. The van der Waals surface area contributed by atoms with Gasteiger partial charge in [-0.3, -0.25) is 9.89 Å². The van der Waals surface area contributed by atoms with Crippen molar-refractivity contribution < 1.29 is 0 Å². The zero-order valence-electron chi connectivity index (χ0n) is 10.0. The second kappa shape index (κ2) is 4.02. The maximum absolute atomic E-state index is 11.9. The fourth-order valence-electron chi connectivity index (χ4n) is 2.76. The van der Waals surface area contributed by atoms with E-state index in [1.807, 2.05) is 6.07 Å². The molecular formula is C13H17N3O. The van der Waals surface area contributed by atoms with E-state index in [2.05, 4.69) is 17.0 Å². The van der Waals surface area contributed by atoms with E-state index in [1.165, 1.54) is 23.8 Å². The van der Waals surface area contributed by atoms with Crippen LogP contribution < -0.4 is 5.56 Å². The van der Waals surface area contributed by atoms with Crippen molar-refractivity contribution in [3.05, 3.63) is 34.4 Å². The summed E-state index contributed by atoms with van der Waals surface area (Å²) in [5, 5.41) is 2.87. The molecule has 1 N–H and O–H groups in total. The molecule has 1 aliphatic rings. The first-order chi connectivity index (χ1) is 8.29. The molecule has 0 spiro atoms. The molecule has 0 bridgehead atoms. The van der Waals surface area contributed by atoms with Crippen LogP contribution in [0.4, 0.5) is 0 Å². The van der Waals surface area contributed by atoms with E-state index in [0.29, 0.717) is 5.92 Å². The highest BCUT2D eigenvalue weighted by Gasteiger charge is 2.28. The lowest BCUT2D eigenvalue weighted by molar-refractivity contribution is 0.252. The van der Waals surface area contributed by atoms with Crippen LogP contribution in [-0.2, 0) is 0 Å². The summed E-state index contributed by atoms with van der Waals surface area (Å²) in [5.41, 5.74) is 1.69. The average molecular weight is 231 g/mol. The summed E-state index contributed by atoms with van der Waals surface area (Å²) in [4.78, 5) is 16.5.